The third-order valence-corrected chi connectivity index (χ3v) is 3.60. The minimum absolute atomic E-state index is 0.278. The fourth-order valence-electron chi connectivity index (χ4n) is 1.80. The molecule has 0 saturated heterocycles. The maximum Gasteiger partial charge on any atom is 0.125 e. The van der Waals surface area contributed by atoms with E-state index in [9.17, 15) is 4.39 Å². The van der Waals surface area contributed by atoms with Crippen LogP contribution in [0.4, 0.5) is 21.5 Å². The lowest BCUT2D eigenvalue weighted by Crippen LogP contribution is -1.99. The van der Waals surface area contributed by atoms with E-state index in [-0.39, 0.29) is 5.02 Å². The van der Waals surface area contributed by atoms with Crippen LogP contribution in [0.15, 0.2) is 34.8 Å². The molecule has 0 aromatic heterocycles. The Morgan fingerprint density at radius 2 is 2.05 bits per heavy atom. The van der Waals surface area contributed by atoms with Gasteiger partial charge in [-0.1, -0.05) is 18.5 Å². The first-order chi connectivity index (χ1) is 9.99. The molecule has 0 aliphatic rings. The first-order valence-corrected chi connectivity index (χ1v) is 7.61. The van der Waals surface area contributed by atoms with E-state index in [1.807, 2.05) is 13.0 Å². The van der Waals surface area contributed by atoms with Crippen LogP contribution in [-0.2, 0) is 0 Å². The summed E-state index contributed by atoms with van der Waals surface area (Å²) in [5.41, 5.74) is 7.72. The Labute approximate surface area is 136 Å². The first-order valence-electron chi connectivity index (χ1n) is 6.44. The maximum atomic E-state index is 13.2. The average Bonchev–Trinajstić information content (AvgIpc) is 2.40. The Hall–Kier alpha value is -1.46. The molecule has 0 amide bonds. The molecule has 0 radical (unpaired) electrons. The molecule has 0 atom stereocenters. The molecule has 0 bridgehead atoms. The molecule has 0 saturated carbocycles. The Balaban J connectivity index is 2.29. The van der Waals surface area contributed by atoms with Gasteiger partial charge in [-0.3, -0.25) is 0 Å². The summed E-state index contributed by atoms with van der Waals surface area (Å²) in [5, 5.41) is 3.40. The molecule has 0 fully saturated rings. The Kier molecular flexibility index (Phi) is 5.31. The highest BCUT2D eigenvalue weighted by Gasteiger charge is 2.09. The highest BCUT2D eigenvalue weighted by atomic mass is 79.9. The summed E-state index contributed by atoms with van der Waals surface area (Å²) in [6.45, 7) is 2.64. The predicted molar refractivity (Wildman–Crippen MR) is 89.0 cm³/mol. The van der Waals surface area contributed by atoms with Gasteiger partial charge in [0.2, 0.25) is 0 Å². The fourth-order valence-corrected chi connectivity index (χ4v) is 2.70. The summed E-state index contributed by atoms with van der Waals surface area (Å²) < 4.78 is 19.3. The Morgan fingerprint density at radius 1 is 1.29 bits per heavy atom. The first kappa shape index (κ1) is 15.9. The highest BCUT2D eigenvalue weighted by molar-refractivity contribution is 9.10. The van der Waals surface area contributed by atoms with Crippen molar-refractivity contribution in [2.75, 3.05) is 17.7 Å². The Morgan fingerprint density at radius 3 is 2.71 bits per heavy atom. The van der Waals surface area contributed by atoms with E-state index in [0.29, 0.717) is 28.2 Å². The summed E-state index contributed by atoms with van der Waals surface area (Å²) in [6.07, 6.45) is 0.910. The molecule has 2 aromatic rings. The van der Waals surface area contributed by atoms with Gasteiger partial charge in [-0.05, 0) is 40.5 Å². The van der Waals surface area contributed by atoms with Crippen molar-refractivity contribution in [1.82, 2.24) is 0 Å². The lowest BCUT2D eigenvalue weighted by molar-refractivity contribution is 0.318. The summed E-state index contributed by atoms with van der Waals surface area (Å²) in [6, 6.07) is 7.91. The summed E-state index contributed by atoms with van der Waals surface area (Å²) >= 11 is 9.34. The van der Waals surface area contributed by atoms with Crippen LogP contribution in [0, 0.1) is 5.82 Å². The summed E-state index contributed by atoms with van der Waals surface area (Å²) in [7, 11) is 0. The van der Waals surface area contributed by atoms with Crippen molar-refractivity contribution < 1.29 is 9.13 Å². The molecule has 0 unspecified atom stereocenters. The molecule has 112 valence electrons. The van der Waals surface area contributed by atoms with E-state index in [2.05, 4.69) is 21.2 Å². The third-order valence-electron chi connectivity index (χ3n) is 2.68. The van der Waals surface area contributed by atoms with E-state index in [1.165, 1.54) is 12.1 Å². The van der Waals surface area contributed by atoms with Gasteiger partial charge < -0.3 is 15.8 Å². The highest BCUT2D eigenvalue weighted by Crippen LogP contribution is 2.35. The van der Waals surface area contributed by atoms with Crippen LogP contribution in [0.5, 0.6) is 5.75 Å². The largest absolute Gasteiger partial charge is 0.493 e. The molecule has 6 heteroatoms. The van der Waals surface area contributed by atoms with Crippen LogP contribution in [0.25, 0.3) is 0 Å². The number of halogens is 3. The molecule has 0 spiro atoms. The lowest BCUT2D eigenvalue weighted by atomic mass is 10.2. The van der Waals surface area contributed by atoms with Crippen LogP contribution in [0.2, 0.25) is 5.02 Å². The van der Waals surface area contributed by atoms with E-state index in [0.717, 1.165) is 12.1 Å². The van der Waals surface area contributed by atoms with Gasteiger partial charge >= 0.3 is 0 Å². The molecule has 0 aliphatic carbocycles. The third kappa shape index (κ3) is 4.25. The molecule has 3 N–H and O–H groups in total. The van der Waals surface area contributed by atoms with Gasteiger partial charge in [-0.2, -0.15) is 0 Å². The van der Waals surface area contributed by atoms with Crippen LogP contribution < -0.4 is 15.8 Å². The van der Waals surface area contributed by atoms with Crippen molar-refractivity contribution in [1.29, 1.82) is 0 Å². The summed E-state index contributed by atoms with van der Waals surface area (Å²) in [5.74, 6) is 0.269. The SMILES string of the molecule is CCCOc1cc(N)cc(Nc2c(Cl)cc(F)cc2Br)c1. The molecule has 21 heavy (non-hydrogen) atoms. The average molecular weight is 374 g/mol. The van der Waals surface area contributed by atoms with Gasteiger partial charge in [0.1, 0.15) is 11.6 Å². The number of benzene rings is 2. The van der Waals surface area contributed by atoms with Crippen LogP contribution in [-0.4, -0.2) is 6.61 Å². The van der Waals surface area contributed by atoms with Crippen LogP contribution in [0.1, 0.15) is 13.3 Å². The van der Waals surface area contributed by atoms with Crippen molar-refractivity contribution in [3.8, 4) is 5.75 Å². The zero-order valence-corrected chi connectivity index (χ0v) is 13.8. The minimum Gasteiger partial charge on any atom is -0.493 e. The van der Waals surface area contributed by atoms with Gasteiger partial charge in [0.05, 0.1) is 17.3 Å². The van der Waals surface area contributed by atoms with Crippen molar-refractivity contribution in [3.63, 3.8) is 0 Å². The van der Waals surface area contributed by atoms with Crippen molar-refractivity contribution in [2.24, 2.45) is 0 Å². The van der Waals surface area contributed by atoms with Crippen molar-refractivity contribution >= 4 is 44.6 Å². The molecule has 2 rings (SSSR count). The number of nitrogens with two attached hydrogens (primary N) is 1. The second kappa shape index (κ2) is 7.00. The lowest BCUT2D eigenvalue weighted by Gasteiger charge is -2.13. The second-order valence-electron chi connectivity index (χ2n) is 4.51. The van der Waals surface area contributed by atoms with E-state index < -0.39 is 5.82 Å². The second-order valence-corrected chi connectivity index (χ2v) is 5.77. The van der Waals surface area contributed by atoms with Gasteiger partial charge in [-0.25, -0.2) is 4.39 Å². The van der Waals surface area contributed by atoms with Crippen molar-refractivity contribution in [2.45, 2.75) is 13.3 Å². The molecular formula is C15H15BrClFN2O. The van der Waals surface area contributed by atoms with Crippen LogP contribution in [0.3, 0.4) is 0 Å². The standard InChI is InChI=1S/C15H15BrClFN2O/c1-2-3-21-12-7-10(19)6-11(8-12)20-15-13(16)4-9(18)5-14(15)17/h4-8,20H,2-3,19H2,1H3. The number of ether oxygens (including phenoxy) is 1. The molecule has 0 aliphatic heterocycles. The number of hydrogen-bond acceptors (Lipinski definition) is 3. The monoisotopic (exact) mass is 372 g/mol. The van der Waals surface area contributed by atoms with Gasteiger partial charge in [-0.15, -0.1) is 0 Å². The molecule has 0 heterocycles. The topological polar surface area (TPSA) is 47.3 Å². The zero-order chi connectivity index (χ0) is 15.4. The van der Waals surface area contributed by atoms with E-state index in [1.54, 1.807) is 12.1 Å². The minimum atomic E-state index is -0.406. The smallest absolute Gasteiger partial charge is 0.125 e. The molecule has 2 aromatic carbocycles. The van der Waals surface area contributed by atoms with Crippen LogP contribution >= 0.6 is 27.5 Å². The number of nitrogen functional groups attached to an aromatic ring is 1. The number of hydrogen-bond donors (Lipinski definition) is 2. The molecular weight excluding hydrogens is 359 g/mol. The number of anilines is 3. The van der Waals surface area contributed by atoms with Gasteiger partial charge in [0, 0.05) is 28.0 Å². The maximum absolute atomic E-state index is 13.2. The molecule has 3 nitrogen and oxygen atoms in total. The Bertz CT molecular complexity index is 629. The van der Waals surface area contributed by atoms with Crippen molar-refractivity contribution in [3.05, 3.63) is 45.6 Å². The normalized spacial score (nSPS) is 10.5. The fraction of sp³-hybridized carbons (Fsp3) is 0.200. The number of rotatable bonds is 5. The number of nitrogens with one attached hydrogen (secondary N) is 1. The van der Waals surface area contributed by atoms with E-state index in [4.69, 9.17) is 22.1 Å². The zero-order valence-electron chi connectivity index (χ0n) is 11.4. The summed E-state index contributed by atoms with van der Waals surface area (Å²) in [4.78, 5) is 0. The quantitative estimate of drug-likeness (QED) is 0.694. The van der Waals surface area contributed by atoms with Gasteiger partial charge in [0.15, 0.2) is 0 Å². The predicted octanol–water partition coefficient (Wildman–Crippen LogP) is 5.36. The van der Waals surface area contributed by atoms with E-state index >= 15 is 0 Å². The van der Waals surface area contributed by atoms with Gasteiger partial charge in [0.25, 0.3) is 0 Å².